The highest BCUT2D eigenvalue weighted by Gasteiger charge is 2.05. The highest BCUT2D eigenvalue weighted by Crippen LogP contribution is 2.23. The first-order valence-corrected chi connectivity index (χ1v) is 5.64. The number of thiophene rings is 1. The third kappa shape index (κ3) is 3.58. The zero-order valence-corrected chi connectivity index (χ0v) is 9.78. The van der Waals surface area contributed by atoms with E-state index in [9.17, 15) is 4.79 Å². The van der Waals surface area contributed by atoms with Crippen molar-refractivity contribution < 1.29 is 9.53 Å². The molecular formula is C9H11BrO2S. The molecule has 0 atom stereocenters. The predicted molar refractivity (Wildman–Crippen MR) is 57.2 cm³/mol. The van der Waals surface area contributed by atoms with Gasteiger partial charge in [-0.05, 0) is 33.8 Å². The van der Waals surface area contributed by atoms with Crippen molar-refractivity contribution in [1.82, 2.24) is 0 Å². The van der Waals surface area contributed by atoms with Gasteiger partial charge in [-0.15, -0.1) is 11.3 Å². The molecule has 1 heterocycles. The van der Waals surface area contributed by atoms with Crippen LogP contribution >= 0.6 is 27.3 Å². The molecule has 0 bridgehead atoms. The second-order valence-electron chi connectivity index (χ2n) is 2.66. The van der Waals surface area contributed by atoms with E-state index in [-0.39, 0.29) is 12.4 Å². The lowest BCUT2D eigenvalue weighted by Crippen LogP contribution is -2.06. The summed E-state index contributed by atoms with van der Waals surface area (Å²) in [5.74, 6) is 0.155. The Labute approximate surface area is 90.0 Å². The predicted octanol–water partition coefficient (Wildman–Crippen LogP) is 2.66. The SMILES string of the molecule is COCC(=O)CCc1sccc1Br. The third-order valence-corrected chi connectivity index (χ3v) is 3.61. The van der Waals surface area contributed by atoms with Gasteiger partial charge in [0, 0.05) is 22.9 Å². The third-order valence-electron chi connectivity index (χ3n) is 1.63. The van der Waals surface area contributed by atoms with Crippen LogP contribution in [0.3, 0.4) is 0 Å². The molecule has 0 saturated carbocycles. The highest BCUT2D eigenvalue weighted by atomic mass is 79.9. The number of halogens is 1. The fraction of sp³-hybridized carbons (Fsp3) is 0.444. The number of carbonyl (C=O) groups is 1. The Bertz CT molecular complexity index is 283. The lowest BCUT2D eigenvalue weighted by molar-refractivity contribution is -0.122. The van der Waals surface area contributed by atoms with Gasteiger partial charge in [0.2, 0.25) is 0 Å². The number of methoxy groups -OCH3 is 1. The van der Waals surface area contributed by atoms with E-state index in [4.69, 9.17) is 4.74 Å². The maximum Gasteiger partial charge on any atom is 0.158 e. The molecule has 0 N–H and O–H groups in total. The first-order chi connectivity index (χ1) is 6.24. The Morgan fingerprint density at radius 1 is 1.69 bits per heavy atom. The minimum absolute atomic E-state index is 0.155. The summed E-state index contributed by atoms with van der Waals surface area (Å²) in [5.41, 5.74) is 0. The molecule has 0 amide bonds. The molecule has 0 saturated heterocycles. The summed E-state index contributed by atoms with van der Waals surface area (Å²) in [5, 5.41) is 2.01. The highest BCUT2D eigenvalue weighted by molar-refractivity contribution is 9.10. The van der Waals surface area contributed by atoms with Crippen molar-refractivity contribution in [2.24, 2.45) is 0 Å². The molecule has 1 rings (SSSR count). The number of carbonyl (C=O) groups excluding carboxylic acids is 1. The van der Waals surface area contributed by atoms with Crippen molar-refractivity contribution in [3.63, 3.8) is 0 Å². The lowest BCUT2D eigenvalue weighted by Gasteiger charge is -1.98. The van der Waals surface area contributed by atoms with E-state index >= 15 is 0 Å². The van der Waals surface area contributed by atoms with Gasteiger partial charge in [0.15, 0.2) is 5.78 Å². The smallest absolute Gasteiger partial charge is 0.158 e. The monoisotopic (exact) mass is 262 g/mol. The summed E-state index contributed by atoms with van der Waals surface area (Å²) in [6.07, 6.45) is 1.37. The number of Topliss-reactive ketones (excluding diaryl/α,β-unsaturated/α-hetero) is 1. The van der Waals surface area contributed by atoms with Crippen LogP contribution < -0.4 is 0 Å². The van der Waals surface area contributed by atoms with Crippen molar-refractivity contribution in [1.29, 1.82) is 0 Å². The Morgan fingerprint density at radius 2 is 2.46 bits per heavy atom. The van der Waals surface area contributed by atoms with Crippen molar-refractivity contribution >= 4 is 33.0 Å². The van der Waals surface area contributed by atoms with Gasteiger partial charge in [-0.3, -0.25) is 4.79 Å². The van der Waals surface area contributed by atoms with Gasteiger partial charge < -0.3 is 4.74 Å². The van der Waals surface area contributed by atoms with E-state index in [1.807, 2.05) is 11.4 Å². The van der Waals surface area contributed by atoms with Crippen molar-refractivity contribution in [2.45, 2.75) is 12.8 Å². The van der Waals surface area contributed by atoms with Crippen LogP contribution in [0.25, 0.3) is 0 Å². The molecule has 0 aliphatic heterocycles. The Kier molecular flexibility index (Phi) is 4.62. The summed E-state index contributed by atoms with van der Waals surface area (Å²) < 4.78 is 5.85. The van der Waals surface area contributed by atoms with E-state index in [2.05, 4.69) is 15.9 Å². The van der Waals surface area contributed by atoms with Crippen molar-refractivity contribution in [3.05, 3.63) is 20.8 Å². The molecule has 13 heavy (non-hydrogen) atoms. The van der Waals surface area contributed by atoms with Gasteiger partial charge in [0.05, 0.1) is 0 Å². The number of aryl methyl sites for hydroxylation is 1. The molecule has 1 aromatic heterocycles. The summed E-state index contributed by atoms with van der Waals surface area (Å²) in [6, 6.07) is 2.00. The number of ether oxygens (including phenoxy) is 1. The molecule has 0 fully saturated rings. The minimum atomic E-state index is 0.155. The van der Waals surface area contributed by atoms with Crippen molar-refractivity contribution in [2.75, 3.05) is 13.7 Å². The Hall–Kier alpha value is -0.190. The van der Waals surface area contributed by atoms with Crippen LogP contribution in [0.2, 0.25) is 0 Å². The number of ketones is 1. The van der Waals surface area contributed by atoms with Crippen LogP contribution in [-0.4, -0.2) is 19.5 Å². The summed E-state index contributed by atoms with van der Waals surface area (Å²) in [7, 11) is 1.54. The van der Waals surface area contributed by atoms with Crippen LogP contribution in [0.15, 0.2) is 15.9 Å². The minimum Gasteiger partial charge on any atom is -0.377 e. The van der Waals surface area contributed by atoms with Crippen LogP contribution in [-0.2, 0) is 16.0 Å². The second kappa shape index (κ2) is 5.52. The summed E-state index contributed by atoms with van der Waals surface area (Å²) in [4.78, 5) is 12.3. The van der Waals surface area contributed by atoms with E-state index in [0.717, 1.165) is 10.9 Å². The molecule has 4 heteroatoms. The molecule has 0 spiro atoms. The Morgan fingerprint density at radius 3 is 3.00 bits per heavy atom. The first kappa shape index (κ1) is 10.9. The quantitative estimate of drug-likeness (QED) is 0.816. The fourth-order valence-electron chi connectivity index (χ4n) is 0.990. The lowest BCUT2D eigenvalue weighted by atomic mass is 10.2. The van der Waals surface area contributed by atoms with E-state index < -0.39 is 0 Å². The molecule has 0 aliphatic carbocycles. The summed E-state index contributed by atoms with van der Waals surface area (Å²) in [6.45, 7) is 0.225. The van der Waals surface area contributed by atoms with E-state index in [1.165, 1.54) is 4.88 Å². The van der Waals surface area contributed by atoms with Crippen LogP contribution in [0, 0.1) is 0 Å². The largest absolute Gasteiger partial charge is 0.377 e. The van der Waals surface area contributed by atoms with Crippen molar-refractivity contribution in [3.8, 4) is 0 Å². The zero-order valence-electron chi connectivity index (χ0n) is 7.38. The topological polar surface area (TPSA) is 26.3 Å². The average molecular weight is 263 g/mol. The van der Waals surface area contributed by atoms with Gasteiger partial charge in [0.1, 0.15) is 6.61 Å². The Balaban J connectivity index is 2.35. The molecule has 0 aliphatic rings. The standard InChI is InChI=1S/C9H11BrO2S/c1-12-6-7(11)2-3-9-8(10)4-5-13-9/h4-5H,2-3,6H2,1H3. The molecule has 0 aromatic carbocycles. The normalized spacial score (nSPS) is 10.3. The van der Waals surface area contributed by atoms with Gasteiger partial charge >= 0.3 is 0 Å². The second-order valence-corrected chi connectivity index (χ2v) is 4.52. The number of hydrogen-bond donors (Lipinski definition) is 0. The van der Waals surface area contributed by atoms with Gasteiger partial charge in [0.25, 0.3) is 0 Å². The van der Waals surface area contributed by atoms with Crippen LogP contribution in [0.1, 0.15) is 11.3 Å². The van der Waals surface area contributed by atoms with Gasteiger partial charge in [-0.25, -0.2) is 0 Å². The van der Waals surface area contributed by atoms with Gasteiger partial charge in [-0.2, -0.15) is 0 Å². The fourth-order valence-corrected chi connectivity index (χ4v) is 2.54. The van der Waals surface area contributed by atoms with E-state index in [0.29, 0.717) is 6.42 Å². The maximum atomic E-state index is 11.1. The van der Waals surface area contributed by atoms with Crippen LogP contribution in [0.4, 0.5) is 0 Å². The molecular weight excluding hydrogens is 252 g/mol. The molecule has 1 aromatic rings. The molecule has 72 valence electrons. The zero-order chi connectivity index (χ0) is 9.68. The first-order valence-electron chi connectivity index (χ1n) is 3.96. The number of hydrogen-bond acceptors (Lipinski definition) is 3. The number of rotatable bonds is 5. The van der Waals surface area contributed by atoms with Crippen LogP contribution in [0.5, 0.6) is 0 Å². The molecule has 0 unspecified atom stereocenters. The summed E-state index contributed by atoms with van der Waals surface area (Å²) >= 11 is 5.09. The van der Waals surface area contributed by atoms with E-state index in [1.54, 1.807) is 18.4 Å². The molecule has 2 nitrogen and oxygen atoms in total. The maximum absolute atomic E-state index is 11.1. The average Bonchev–Trinajstić information content (AvgIpc) is 2.48. The van der Waals surface area contributed by atoms with Gasteiger partial charge in [-0.1, -0.05) is 0 Å². The molecule has 0 radical (unpaired) electrons.